The number of amides is 2. The predicted molar refractivity (Wildman–Crippen MR) is 70.7 cm³/mol. The van der Waals surface area contributed by atoms with Crippen LogP contribution in [-0.2, 0) is 4.79 Å². The highest BCUT2D eigenvalue weighted by Crippen LogP contribution is 2.14. The van der Waals surface area contributed by atoms with Gasteiger partial charge in [0.05, 0.1) is 10.6 Å². The molecule has 1 aromatic carbocycles. The molecule has 0 aliphatic carbocycles. The van der Waals surface area contributed by atoms with Crippen LogP contribution in [0.25, 0.3) is 0 Å². The second-order valence-electron chi connectivity index (χ2n) is 3.41. The number of rotatable bonds is 5. The van der Waals surface area contributed by atoms with Crippen LogP contribution in [0.4, 0.5) is 0 Å². The Labute approximate surface area is 110 Å². The maximum atomic E-state index is 11.7. The summed E-state index contributed by atoms with van der Waals surface area (Å²) in [6, 6.07) is 6.73. The Hall–Kier alpha value is -1.88. The number of nitrogens with one attached hydrogen (secondary N) is 2. The quantitative estimate of drug-likeness (QED) is 0.628. The smallest absolute Gasteiger partial charge is 0.252 e. The maximum absolute atomic E-state index is 11.7. The fraction of sp³-hybridized carbons (Fsp3) is 0.250. The van der Waals surface area contributed by atoms with Crippen LogP contribution in [-0.4, -0.2) is 24.6 Å². The molecule has 0 spiro atoms. The number of halogens is 1. The van der Waals surface area contributed by atoms with E-state index in [9.17, 15) is 9.59 Å². The maximum Gasteiger partial charge on any atom is 0.252 e. The van der Waals surface area contributed by atoms with Crippen molar-refractivity contribution in [3.63, 3.8) is 0 Å². The lowest BCUT2D eigenvalue weighted by molar-refractivity contribution is -0.120. The molecule has 96 valence electrons. The third-order valence-corrected chi connectivity index (χ3v) is 2.40. The lowest BCUT2D eigenvalue weighted by atomic mass is 10.2. The van der Waals surface area contributed by atoms with Crippen LogP contribution in [0.2, 0.25) is 5.02 Å². The Morgan fingerprint density at radius 2 is 2.11 bits per heavy atom. The van der Waals surface area contributed by atoms with Crippen molar-refractivity contribution in [3.05, 3.63) is 34.9 Å². The van der Waals surface area contributed by atoms with E-state index < -0.39 is 0 Å². The van der Waals surface area contributed by atoms with E-state index in [4.69, 9.17) is 11.6 Å². The van der Waals surface area contributed by atoms with Crippen molar-refractivity contribution in [1.82, 2.24) is 10.7 Å². The fourth-order valence-corrected chi connectivity index (χ4v) is 1.44. The standard InChI is InChI=1S/C12H14ClN3O2/c1-2-15-16-11(17)7-8-14-12(18)9-5-3-4-6-10(9)13/h2-6H,7-8H2,1H3,(H,14,18)(H,16,17)/b15-2-. The zero-order valence-electron chi connectivity index (χ0n) is 9.94. The first kappa shape index (κ1) is 14.2. The number of hydrogen-bond donors (Lipinski definition) is 2. The van der Waals surface area contributed by atoms with Gasteiger partial charge in [-0.15, -0.1) is 0 Å². The van der Waals surface area contributed by atoms with E-state index in [1.54, 1.807) is 31.2 Å². The largest absolute Gasteiger partial charge is 0.351 e. The monoisotopic (exact) mass is 267 g/mol. The number of hydrogen-bond acceptors (Lipinski definition) is 3. The Balaban J connectivity index is 2.38. The van der Waals surface area contributed by atoms with Gasteiger partial charge in [-0.1, -0.05) is 23.7 Å². The molecule has 0 heterocycles. The first-order valence-electron chi connectivity index (χ1n) is 5.44. The van der Waals surface area contributed by atoms with Gasteiger partial charge in [-0.05, 0) is 19.1 Å². The number of benzene rings is 1. The van der Waals surface area contributed by atoms with Gasteiger partial charge < -0.3 is 5.32 Å². The Morgan fingerprint density at radius 3 is 2.78 bits per heavy atom. The summed E-state index contributed by atoms with van der Waals surface area (Å²) in [4.78, 5) is 22.9. The van der Waals surface area contributed by atoms with Crippen molar-refractivity contribution in [1.29, 1.82) is 0 Å². The summed E-state index contributed by atoms with van der Waals surface area (Å²) >= 11 is 5.87. The third kappa shape index (κ3) is 4.55. The summed E-state index contributed by atoms with van der Waals surface area (Å²) in [6.07, 6.45) is 1.63. The summed E-state index contributed by atoms with van der Waals surface area (Å²) in [6.45, 7) is 1.93. The van der Waals surface area contributed by atoms with Crippen LogP contribution in [0.15, 0.2) is 29.4 Å². The van der Waals surface area contributed by atoms with Gasteiger partial charge in [0.2, 0.25) is 5.91 Å². The Morgan fingerprint density at radius 1 is 1.39 bits per heavy atom. The van der Waals surface area contributed by atoms with Crippen LogP contribution >= 0.6 is 11.6 Å². The highest BCUT2D eigenvalue weighted by Gasteiger charge is 2.09. The van der Waals surface area contributed by atoms with E-state index in [-0.39, 0.29) is 24.8 Å². The van der Waals surface area contributed by atoms with E-state index >= 15 is 0 Å². The third-order valence-electron chi connectivity index (χ3n) is 2.07. The molecule has 0 aliphatic rings. The molecule has 18 heavy (non-hydrogen) atoms. The van der Waals surface area contributed by atoms with Crippen molar-refractivity contribution in [2.75, 3.05) is 6.54 Å². The molecule has 5 nitrogen and oxygen atoms in total. The predicted octanol–water partition coefficient (Wildman–Crippen LogP) is 1.58. The van der Waals surface area contributed by atoms with Crippen molar-refractivity contribution < 1.29 is 9.59 Å². The molecule has 2 N–H and O–H groups in total. The van der Waals surface area contributed by atoms with Gasteiger partial charge in [-0.3, -0.25) is 9.59 Å². The van der Waals surface area contributed by atoms with Gasteiger partial charge in [0.1, 0.15) is 0 Å². The molecular formula is C12H14ClN3O2. The normalized spacial score (nSPS) is 10.3. The minimum absolute atomic E-state index is 0.160. The van der Waals surface area contributed by atoms with E-state index in [0.29, 0.717) is 10.6 Å². The summed E-state index contributed by atoms with van der Waals surface area (Å²) < 4.78 is 0. The van der Waals surface area contributed by atoms with Crippen LogP contribution in [0.3, 0.4) is 0 Å². The second kappa shape index (κ2) is 7.45. The number of hydrazone groups is 1. The highest BCUT2D eigenvalue weighted by molar-refractivity contribution is 6.33. The first-order valence-corrected chi connectivity index (χ1v) is 5.82. The zero-order valence-corrected chi connectivity index (χ0v) is 10.7. The number of carbonyl (C=O) groups excluding carboxylic acids is 2. The van der Waals surface area contributed by atoms with E-state index in [1.165, 1.54) is 6.21 Å². The summed E-state index contributed by atoms with van der Waals surface area (Å²) in [7, 11) is 0. The highest BCUT2D eigenvalue weighted by atomic mass is 35.5. The molecule has 6 heteroatoms. The summed E-state index contributed by atoms with van der Waals surface area (Å²) in [5.74, 6) is -0.556. The van der Waals surface area contributed by atoms with E-state index in [1.807, 2.05) is 0 Å². The van der Waals surface area contributed by atoms with E-state index in [2.05, 4.69) is 15.8 Å². The van der Waals surface area contributed by atoms with Gasteiger partial charge in [0, 0.05) is 19.2 Å². The molecule has 0 aromatic heterocycles. The van der Waals surface area contributed by atoms with Gasteiger partial charge in [0.25, 0.3) is 5.91 Å². The molecule has 2 amide bonds. The molecule has 1 aromatic rings. The second-order valence-corrected chi connectivity index (χ2v) is 3.82. The molecule has 0 atom stereocenters. The molecule has 0 unspecified atom stereocenters. The van der Waals surface area contributed by atoms with Crippen molar-refractivity contribution in [3.8, 4) is 0 Å². The molecule has 0 radical (unpaired) electrons. The molecule has 0 fully saturated rings. The lowest BCUT2D eigenvalue weighted by Crippen LogP contribution is -2.29. The van der Waals surface area contributed by atoms with Gasteiger partial charge >= 0.3 is 0 Å². The fourth-order valence-electron chi connectivity index (χ4n) is 1.22. The molecule has 0 saturated carbocycles. The van der Waals surface area contributed by atoms with Crippen LogP contribution in [0.5, 0.6) is 0 Å². The lowest BCUT2D eigenvalue weighted by Gasteiger charge is -2.05. The van der Waals surface area contributed by atoms with Crippen LogP contribution in [0.1, 0.15) is 23.7 Å². The summed E-state index contributed by atoms with van der Waals surface area (Å²) in [5.41, 5.74) is 2.70. The Bertz CT molecular complexity index is 460. The van der Waals surface area contributed by atoms with Crippen molar-refractivity contribution in [2.45, 2.75) is 13.3 Å². The molecule has 0 aliphatic heterocycles. The van der Waals surface area contributed by atoms with Gasteiger partial charge in [0.15, 0.2) is 0 Å². The molecular weight excluding hydrogens is 254 g/mol. The Kier molecular flexibility index (Phi) is 5.87. The minimum Gasteiger partial charge on any atom is -0.351 e. The topological polar surface area (TPSA) is 70.6 Å². The average molecular weight is 268 g/mol. The first-order chi connectivity index (χ1) is 8.65. The van der Waals surface area contributed by atoms with Gasteiger partial charge in [-0.2, -0.15) is 5.10 Å². The molecule has 1 rings (SSSR count). The van der Waals surface area contributed by atoms with Gasteiger partial charge in [-0.25, -0.2) is 5.43 Å². The number of nitrogens with zero attached hydrogens (tertiary/aromatic N) is 1. The average Bonchev–Trinajstić information content (AvgIpc) is 2.36. The van der Waals surface area contributed by atoms with E-state index in [0.717, 1.165) is 0 Å². The number of carbonyl (C=O) groups is 2. The molecule has 0 bridgehead atoms. The van der Waals surface area contributed by atoms with Crippen molar-refractivity contribution >= 4 is 29.6 Å². The molecule has 0 saturated heterocycles. The zero-order chi connectivity index (χ0) is 13.4. The summed E-state index contributed by atoms with van der Waals surface area (Å²) in [5, 5.41) is 6.58. The SMILES string of the molecule is C/C=N\NC(=O)CCNC(=O)c1ccccc1Cl. The van der Waals surface area contributed by atoms with Crippen LogP contribution < -0.4 is 10.7 Å². The van der Waals surface area contributed by atoms with Crippen molar-refractivity contribution in [2.24, 2.45) is 5.10 Å². The minimum atomic E-state index is -0.299. The van der Waals surface area contributed by atoms with Crippen LogP contribution in [0, 0.1) is 0 Å².